The van der Waals surface area contributed by atoms with Gasteiger partial charge in [0.1, 0.15) is 0 Å². The lowest BCUT2D eigenvalue weighted by Gasteiger charge is -0.00100. The smallest absolute Gasteiger partial charge is 0 e. The van der Waals surface area contributed by atoms with Crippen LogP contribution in [0.5, 0.6) is 0 Å². The number of hydrogen-bond acceptors (Lipinski definition) is 0. The summed E-state index contributed by atoms with van der Waals surface area (Å²) in [5.74, 6) is 0. The molecule has 0 aromatic heterocycles. The molecule has 0 rings (SSSR count). The molecule has 11 valence electrons. The van der Waals surface area contributed by atoms with Crippen LogP contribution in [0.15, 0.2) is 0 Å². The highest BCUT2D eigenvalue weighted by Gasteiger charge is 0.00300. The molecule has 0 fully saturated rings. The van der Waals surface area contributed by atoms with Crippen LogP contribution in [0.25, 0.3) is 0 Å². The average Bonchev–Trinajstić information content (AvgIpc) is 0. The van der Waals surface area contributed by atoms with E-state index in [1.165, 1.54) is 0 Å². The maximum atomic E-state index is 0. The van der Waals surface area contributed by atoms with Gasteiger partial charge in [-0.2, -0.15) is 0 Å². The van der Waals surface area contributed by atoms with Gasteiger partial charge in [0.05, 0.1) is 0 Å². The second kappa shape index (κ2) is 18.3. The van der Waals surface area contributed by atoms with Crippen molar-refractivity contribution in [3.05, 3.63) is 0 Å². The molecular weight excluding hydrogens is 105 g/mol. The summed E-state index contributed by atoms with van der Waals surface area (Å²) < 4.78 is 0. The second-order valence-electron chi connectivity index (χ2n) is 0. The van der Waals surface area contributed by atoms with Crippen LogP contribution in [-0.2, 0) is 0 Å². The van der Waals surface area contributed by atoms with Crippen molar-refractivity contribution in [3.63, 3.8) is 0 Å². The molecule has 0 spiro atoms. The van der Waals surface area contributed by atoms with Gasteiger partial charge in [0, 0.05) is 75.1 Å². The fourth-order valence-corrected chi connectivity index (χ4v) is 0. The number of rotatable bonds is 0. The number of hydrogen-bond donors (Lipinski definition) is 0. The van der Waals surface area contributed by atoms with Crippen molar-refractivity contribution in [2.24, 2.45) is 0 Å². The first-order valence-electron chi connectivity index (χ1n) is 0. The van der Waals surface area contributed by atoms with Crippen LogP contribution < -0.4 is 0 Å². The summed E-state index contributed by atoms with van der Waals surface area (Å²) in [5, 5.41) is 0. The van der Waals surface area contributed by atoms with E-state index in [-0.39, 0.29) is 75.1 Å². The van der Waals surface area contributed by atoms with Crippen LogP contribution >= 0.6 is 0 Å². The molecule has 0 N–H and O–H groups in total. The SMILES string of the molecule is [Al].[Al].[Al].[Mg]. The average molecular weight is 105 g/mol. The fraction of sp³-hybridized carbons (Fsp3) is 0. The lowest BCUT2D eigenvalue weighted by molar-refractivity contribution is 5.75. The predicted octanol–water partition coefficient (Wildman–Crippen LogP) is -1.52. The maximum Gasteiger partial charge on any atom is 0 e. The molecule has 0 saturated heterocycles. The van der Waals surface area contributed by atoms with Gasteiger partial charge >= 0.3 is 0 Å². The van der Waals surface area contributed by atoms with Gasteiger partial charge in [-0.1, -0.05) is 0 Å². The van der Waals surface area contributed by atoms with Crippen molar-refractivity contribution in [3.8, 4) is 0 Å². The Bertz CT molecular complexity index is 3.25. The van der Waals surface area contributed by atoms with Gasteiger partial charge in [0.2, 0.25) is 0 Å². The van der Waals surface area contributed by atoms with Crippen molar-refractivity contribution in [1.29, 1.82) is 0 Å². The molecule has 0 nitrogen and oxygen atoms in total. The van der Waals surface area contributed by atoms with E-state index < -0.39 is 0 Å². The summed E-state index contributed by atoms with van der Waals surface area (Å²) in [6, 6.07) is 0. The van der Waals surface area contributed by atoms with Gasteiger partial charge in [-0.15, -0.1) is 0 Å². The lowest BCUT2D eigenvalue weighted by Crippen LogP contribution is -0.382. The molecule has 0 heterocycles. The molecule has 0 bridgehead atoms. The highest BCUT2D eigenvalue weighted by atomic mass is 27.0. The Hall–Kier alpha value is 2.36. The molecule has 0 aliphatic rings. The molecule has 0 atom stereocenters. The zero-order valence-corrected chi connectivity index (χ0v) is 7.32. The standard InChI is InChI=1S/3Al.Mg. The molecule has 4 heteroatoms. The monoisotopic (exact) mass is 105 g/mol. The van der Waals surface area contributed by atoms with E-state index in [9.17, 15) is 0 Å². The zero-order chi connectivity index (χ0) is 0. The van der Waals surface area contributed by atoms with Crippen LogP contribution in [0.1, 0.15) is 0 Å². The largest absolute Gasteiger partial charge is 0 e. The van der Waals surface area contributed by atoms with E-state index in [2.05, 4.69) is 0 Å². The van der Waals surface area contributed by atoms with Crippen molar-refractivity contribution < 1.29 is 0 Å². The van der Waals surface area contributed by atoms with E-state index in [0.717, 1.165) is 0 Å². The lowest BCUT2D eigenvalue weighted by atomic mass is 24.3. The minimum Gasteiger partial charge on any atom is 0 e. The minimum absolute atomic E-state index is 0. The molecule has 0 saturated carbocycles. The highest BCUT2D eigenvalue weighted by molar-refractivity contribution is 5.76. The van der Waals surface area contributed by atoms with Gasteiger partial charge in [-0.25, -0.2) is 0 Å². The Morgan fingerprint density at radius 3 is 0.500 bits per heavy atom. The first-order chi connectivity index (χ1) is 0. The molecule has 0 amide bonds. The van der Waals surface area contributed by atoms with Gasteiger partial charge in [0.25, 0.3) is 0 Å². The predicted molar refractivity (Wildman–Crippen MR) is 23.0 cm³/mol. The van der Waals surface area contributed by atoms with E-state index in [0.29, 0.717) is 0 Å². The molecule has 4 heavy (non-hydrogen) atoms. The fourth-order valence-electron chi connectivity index (χ4n) is 0. The first-order valence-corrected chi connectivity index (χ1v) is 0. The second-order valence-corrected chi connectivity index (χ2v) is 0. The normalized spacial score (nSPS) is 0. The van der Waals surface area contributed by atoms with Gasteiger partial charge in [-0.05, 0) is 0 Å². The van der Waals surface area contributed by atoms with E-state index in [1.807, 2.05) is 0 Å². The summed E-state index contributed by atoms with van der Waals surface area (Å²) >= 11 is 0. The summed E-state index contributed by atoms with van der Waals surface area (Å²) in [4.78, 5) is 0. The first kappa shape index (κ1) is 32.8. The third kappa shape index (κ3) is 8.84. The summed E-state index contributed by atoms with van der Waals surface area (Å²) in [6.45, 7) is 0. The van der Waals surface area contributed by atoms with Crippen LogP contribution in [0.4, 0.5) is 0 Å². The van der Waals surface area contributed by atoms with E-state index in [1.54, 1.807) is 0 Å². The molecule has 0 aliphatic carbocycles. The Kier molecular flexibility index (Phi) is 150. The molecule has 0 aromatic carbocycles. The van der Waals surface area contributed by atoms with Crippen LogP contribution in [-0.4, -0.2) is 75.1 Å². The molecule has 0 unspecified atom stereocenters. The summed E-state index contributed by atoms with van der Waals surface area (Å²) in [5.41, 5.74) is 0. The maximum absolute atomic E-state index is 0. The Morgan fingerprint density at radius 2 is 0.500 bits per heavy atom. The minimum atomic E-state index is 0. The summed E-state index contributed by atoms with van der Waals surface area (Å²) in [6.07, 6.45) is 0. The molecule has 0 aliphatic heterocycles. The van der Waals surface area contributed by atoms with Crippen LogP contribution in [0.2, 0.25) is 0 Å². The van der Waals surface area contributed by atoms with Crippen LogP contribution in [0.3, 0.4) is 0 Å². The van der Waals surface area contributed by atoms with Gasteiger partial charge in [0.15, 0.2) is 0 Å². The Balaban J connectivity index is 0. The molecular formula is Al3Mg. The van der Waals surface area contributed by atoms with E-state index in [4.69, 9.17) is 0 Å². The Morgan fingerprint density at radius 1 is 0.500 bits per heavy atom. The quantitative estimate of drug-likeness (QED) is 0.328. The van der Waals surface area contributed by atoms with Gasteiger partial charge in [-0.3, -0.25) is 0 Å². The van der Waals surface area contributed by atoms with Crippen LogP contribution in [0, 0.1) is 0 Å². The van der Waals surface area contributed by atoms with E-state index >= 15 is 0 Å². The third-order valence-electron chi connectivity index (χ3n) is 0. The molecule has 0 aromatic rings. The summed E-state index contributed by atoms with van der Waals surface area (Å²) in [7, 11) is 0. The third-order valence-corrected chi connectivity index (χ3v) is 0. The zero-order valence-electron chi connectivity index (χ0n) is 2.44. The highest BCUT2D eigenvalue weighted by Crippen LogP contribution is -0.378. The van der Waals surface area contributed by atoms with Gasteiger partial charge < -0.3 is 0 Å². The van der Waals surface area contributed by atoms with Crippen molar-refractivity contribution >= 4 is 75.1 Å². The van der Waals surface area contributed by atoms with Crippen molar-refractivity contribution in [2.75, 3.05) is 0 Å². The topological polar surface area (TPSA) is 0 Å². The molecule has 11 radical (unpaired) electrons. The van der Waals surface area contributed by atoms with Crippen molar-refractivity contribution in [2.45, 2.75) is 0 Å². The Labute approximate surface area is 74.3 Å². The van der Waals surface area contributed by atoms with Crippen molar-refractivity contribution in [1.82, 2.24) is 0 Å².